The maximum absolute atomic E-state index is 12.0. The minimum absolute atomic E-state index is 0.198. The van der Waals surface area contributed by atoms with Crippen LogP contribution in [0.2, 0.25) is 0 Å². The lowest BCUT2D eigenvalue weighted by Gasteiger charge is -2.26. The number of hydrogen-bond donors (Lipinski definition) is 1. The van der Waals surface area contributed by atoms with E-state index in [9.17, 15) is 10.1 Å². The van der Waals surface area contributed by atoms with Gasteiger partial charge in [0.05, 0.1) is 17.8 Å². The Kier molecular flexibility index (Phi) is 3.80. The monoisotopic (exact) mass is 334 g/mol. The van der Waals surface area contributed by atoms with Crippen LogP contribution < -0.4 is 0 Å². The molecular weight excluding hydrogens is 316 g/mol. The van der Waals surface area contributed by atoms with Gasteiger partial charge in [0.2, 0.25) is 0 Å². The SMILES string of the molecule is CCCC1=Nc2[nH]ncc2C(c2cccc3ccccc23)C1[N+](=O)[O-]. The summed E-state index contributed by atoms with van der Waals surface area (Å²) in [5.74, 6) is 0.244. The van der Waals surface area contributed by atoms with Gasteiger partial charge >= 0.3 is 0 Å². The zero-order chi connectivity index (χ0) is 17.4. The summed E-state index contributed by atoms with van der Waals surface area (Å²) >= 11 is 0. The number of nitrogens with one attached hydrogen (secondary N) is 1. The summed E-state index contributed by atoms with van der Waals surface area (Å²) in [5.41, 5.74) is 2.35. The van der Waals surface area contributed by atoms with Crippen LogP contribution in [0.5, 0.6) is 0 Å². The lowest BCUT2D eigenvalue weighted by atomic mass is 9.79. The maximum atomic E-state index is 12.0. The third-order valence-electron chi connectivity index (χ3n) is 4.79. The van der Waals surface area contributed by atoms with E-state index in [1.807, 2.05) is 49.4 Å². The Morgan fingerprint density at radius 3 is 2.76 bits per heavy atom. The van der Waals surface area contributed by atoms with Crippen LogP contribution in [-0.4, -0.2) is 26.9 Å². The van der Waals surface area contributed by atoms with E-state index in [-0.39, 0.29) is 4.92 Å². The molecule has 0 bridgehead atoms. The van der Waals surface area contributed by atoms with E-state index in [4.69, 9.17) is 0 Å². The van der Waals surface area contributed by atoms with Crippen molar-refractivity contribution < 1.29 is 4.92 Å². The summed E-state index contributed by atoms with van der Waals surface area (Å²) in [5, 5.41) is 21.1. The zero-order valence-electron chi connectivity index (χ0n) is 13.8. The highest BCUT2D eigenvalue weighted by Crippen LogP contribution is 2.42. The summed E-state index contributed by atoms with van der Waals surface area (Å²) < 4.78 is 0. The summed E-state index contributed by atoms with van der Waals surface area (Å²) in [7, 11) is 0. The molecule has 3 aromatic rings. The van der Waals surface area contributed by atoms with Crippen LogP contribution in [0.1, 0.15) is 36.8 Å². The van der Waals surface area contributed by atoms with Crippen molar-refractivity contribution in [1.29, 1.82) is 0 Å². The fourth-order valence-electron chi connectivity index (χ4n) is 3.74. The molecule has 0 radical (unpaired) electrons. The molecule has 0 aliphatic carbocycles. The lowest BCUT2D eigenvalue weighted by molar-refractivity contribution is -0.505. The Morgan fingerprint density at radius 1 is 1.16 bits per heavy atom. The molecule has 126 valence electrons. The maximum Gasteiger partial charge on any atom is 0.261 e. The molecule has 0 fully saturated rings. The van der Waals surface area contributed by atoms with Crippen molar-refractivity contribution in [2.75, 3.05) is 0 Å². The smallest absolute Gasteiger partial charge is 0.261 e. The van der Waals surface area contributed by atoms with Gasteiger partial charge in [0.25, 0.3) is 6.04 Å². The molecule has 2 heterocycles. The Balaban J connectivity index is 1.97. The van der Waals surface area contributed by atoms with Crippen molar-refractivity contribution in [3.05, 3.63) is 69.9 Å². The topological polar surface area (TPSA) is 84.2 Å². The number of benzene rings is 2. The molecule has 0 saturated heterocycles. The van der Waals surface area contributed by atoms with E-state index < -0.39 is 12.0 Å². The minimum atomic E-state index is -0.865. The number of aromatic nitrogens is 2. The molecule has 6 nitrogen and oxygen atoms in total. The van der Waals surface area contributed by atoms with Gasteiger partial charge in [-0.2, -0.15) is 5.10 Å². The number of aromatic amines is 1. The predicted octanol–water partition coefficient (Wildman–Crippen LogP) is 4.23. The van der Waals surface area contributed by atoms with Crippen molar-refractivity contribution in [2.24, 2.45) is 4.99 Å². The molecular formula is C19H18N4O2. The number of rotatable bonds is 4. The van der Waals surface area contributed by atoms with Crippen LogP contribution in [0.25, 0.3) is 10.8 Å². The Hall–Kier alpha value is -3.02. The molecule has 0 saturated carbocycles. The molecule has 0 spiro atoms. The molecule has 25 heavy (non-hydrogen) atoms. The average Bonchev–Trinajstić information content (AvgIpc) is 3.08. The molecule has 2 aromatic carbocycles. The van der Waals surface area contributed by atoms with Crippen LogP contribution >= 0.6 is 0 Å². The van der Waals surface area contributed by atoms with Crippen LogP contribution in [0.3, 0.4) is 0 Å². The van der Waals surface area contributed by atoms with Crippen LogP contribution in [0.15, 0.2) is 53.7 Å². The van der Waals surface area contributed by atoms with E-state index in [1.54, 1.807) is 6.20 Å². The first-order valence-electron chi connectivity index (χ1n) is 8.42. The van der Waals surface area contributed by atoms with Crippen molar-refractivity contribution in [3.63, 3.8) is 0 Å². The van der Waals surface area contributed by atoms with Crippen LogP contribution in [0.4, 0.5) is 5.82 Å². The number of nitrogens with zero attached hydrogens (tertiary/aromatic N) is 3. The normalized spacial score (nSPS) is 19.5. The van der Waals surface area contributed by atoms with E-state index in [0.717, 1.165) is 28.3 Å². The fourth-order valence-corrected chi connectivity index (χ4v) is 3.74. The summed E-state index contributed by atoms with van der Waals surface area (Å²) in [6, 6.07) is 13.1. The predicted molar refractivity (Wildman–Crippen MR) is 97.2 cm³/mol. The van der Waals surface area contributed by atoms with Gasteiger partial charge in [-0.25, -0.2) is 4.99 Å². The quantitative estimate of drug-likeness (QED) is 0.572. The van der Waals surface area contributed by atoms with Gasteiger partial charge in [-0.1, -0.05) is 55.8 Å². The van der Waals surface area contributed by atoms with Crippen molar-refractivity contribution in [2.45, 2.75) is 31.7 Å². The fraction of sp³-hybridized carbons (Fsp3) is 0.263. The summed E-state index contributed by atoms with van der Waals surface area (Å²) in [6.07, 6.45) is 3.09. The number of hydrogen-bond acceptors (Lipinski definition) is 4. The average molecular weight is 334 g/mol. The summed E-state index contributed by atoms with van der Waals surface area (Å²) in [4.78, 5) is 16.3. The highest BCUT2D eigenvalue weighted by atomic mass is 16.6. The number of nitro groups is 1. The first-order chi connectivity index (χ1) is 12.2. The first kappa shape index (κ1) is 15.5. The van der Waals surface area contributed by atoms with Crippen molar-refractivity contribution >= 4 is 22.3 Å². The first-order valence-corrected chi connectivity index (χ1v) is 8.42. The highest BCUT2D eigenvalue weighted by Gasteiger charge is 2.43. The van der Waals surface area contributed by atoms with Crippen molar-refractivity contribution in [1.82, 2.24) is 10.2 Å². The molecule has 4 rings (SSSR count). The zero-order valence-corrected chi connectivity index (χ0v) is 13.8. The second-order valence-electron chi connectivity index (χ2n) is 6.30. The molecule has 1 aliphatic rings. The molecule has 2 atom stereocenters. The molecule has 1 aromatic heterocycles. The molecule has 1 aliphatic heterocycles. The Labute approximate surface area is 144 Å². The standard InChI is InChI=1S/C19H18N4O2/c1-2-6-16-18(23(24)25)17(15-11-20-22-19(15)21-16)14-10-5-8-12-7-3-4-9-13(12)14/h3-5,7-11,17-18H,2,6H2,1H3,(H,20,22). The van der Waals surface area contributed by atoms with Crippen LogP contribution in [-0.2, 0) is 0 Å². The highest BCUT2D eigenvalue weighted by molar-refractivity contribution is 5.96. The number of aliphatic imine (C=N–C) groups is 1. The Morgan fingerprint density at radius 2 is 1.96 bits per heavy atom. The minimum Gasteiger partial charge on any atom is -0.264 e. The molecule has 1 N–H and O–H groups in total. The van der Waals surface area contributed by atoms with Gasteiger partial charge in [0.15, 0.2) is 5.82 Å². The van der Waals surface area contributed by atoms with Gasteiger partial charge in [-0.3, -0.25) is 15.2 Å². The van der Waals surface area contributed by atoms with E-state index in [1.165, 1.54) is 0 Å². The van der Waals surface area contributed by atoms with Gasteiger partial charge in [-0.15, -0.1) is 0 Å². The second-order valence-corrected chi connectivity index (χ2v) is 6.30. The second kappa shape index (κ2) is 6.12. The van der Waals surface area contributed by atoms with Gasteiger partial charge < -0.3 is 0 Å². The Bertz CT molecular complexity index is 971. The number of H-pyrrole nitrogens is 1. The van der Waals surface area contributed by atoms with Crippen LogP contribution in [0, 0.1) is 10.1 Å². The lowest BCUT2D eigenvalue weighted by Crippen LogP contribution is -2.38. The van der Waals surface area contributed by atoms with Gasteiger partial charge in [0, 0.05) is 10.5 Å². The van der Waals surface area contributed by atoms with E-state index >= 15 is 0 Å². The molecule has 0 amide bonds. The van der Waals surface area contributed by atoms with Gasteiger partial charge in [-0.05, 0) is 22.8 Å². The van der Waals surface area contributed by atoms with E-state index in [0.29, 0.717) is 18.0 Å². The molecule has 6 heteroatoms. The largest absolute Gasteiger partial charge is 0.264 e. The van der Waals surface area contributed by atoms with E-state index in [2.05, 4.69) is 15.2 Å². The van der Waals surface area contributed by atoms with Gasteiger partial charge in [0.1, 0.15) is 0 Å². The third kappa shape index (κ3) is 2.50. The molecule has 2 unspecified atom stereocenters. The number of fused-ring (bicyclic) bond motifs is 2. The third-order valence-corrected chi connectivity index (χ3v) is 4.79. The van der Waals surface area contributed by atoms with Crippen molar-refractivity contribution in [3.8, 4) is 0 Å². The summed E-state index contributed by atoms with van der Waals surface area (Å²) in [6.45, 7) is 2.01.